The van der Waals surface area contributed by atoms with Gasteiger partial charge in [0, 0.05) is 40.4 Å². The minimum absolute atomic E-state index is 0.122. The van der Waals surface area contributed by atoms with Crippen molar-refractivity contribution in [1.29, 1.82) is 5.26 Å². The van der Waals surface area contributed by atoms with Crippen LogP contribution in [0, 0.1) is 17.2 Å². The van der Waals surface area contributed by atoms with E-state index in [0.29, 0.717) is 29.2 Å². The van der Waals surface area contributed by atoms with Gasteiger partial charge in [0.2, 0.25) is 0 Å². The lowest BCUT2D eigenvalue weighted by atomic mass is 9.95. The molecule has 0 radical (unpaired) electrons. The number of amides is 1. The number of aromatic nitrogens is 2. The maximum Gasteiger partial charge on any atom is 0.455 e. The Hall–Kier alpha value is -3.29. The largest absolute Gasteiger partial charge is 0.455 e. The van der Waals surface area contributed by atoms with Crippen LogP contribution in [0.3, 0.4) is 0 Å². The van der Waals surface area contributed by atoms with E-state index in [2.05, 4.69) is 54.6 Å². The normalized spacial score (nSPS) is 11.3. The molecule has 0 saturated carbocycles. The quantitative estimate of drug-likeness (QED) is 0.438. The number of hydrogen-bond acceptors (Lipinski definition) is 7. The van der Waals surface area contributed by atoms with E-state index in [1.807, 2.05) is 30.5 Å². The van der Waals surface area contributed by atoms with Crippen LogP contribution in [0.15, 0.2) is 41.0 Å². The SMILES string of the molecule is CC(C)Cc1cc(-c2ccc(Cn3ccnc3C(C)(C)C)cc2C#N)c(OC(=O)N=S(=O)=O)s1. The standard InChI is InChI=1S/C24H26N4O4S2/c1-15(2)10-18-12-20(21(33-18)32-23(29)27-34(30)31)19-7-6-16(11-17(19)13-25)14-28-9-8-26-22(28)24(3,4)5/h6-9,11-12,15H,10,14H2,1-5H3. The van der Waals surface area contributed by atoms with Crippen molar-refractivity contribution in [2.45, 2.75) is 53.0 Å². The highest BCUT2D eigenvalue weighted by Gasteiger charge is 2.21. The van der Waals surface area contributed by atoms with Crippen LogP contribution in [0.1, 0.15) is 56.4 Å². The van der Waals surface area contributed by atoms with Crippen LogP contribution in [0.5, 0.6) is 5.06 Å². The smallest absolute Gasteiger partial charge is 0.396 e. The summed E-state index contributed by atoms with van der Waals surface area (Å²) in [5, 5.41) is 10.1. The molecule has 0 aliphatic heterocycles. The molecule has 2 heterocycles. The predicted molar refractivity (Wildman–Crippen MR) is 130 cm³/mol. The number of nitriles is 1. The average Bonchev–Trinajstić information content (AvgIpc) is 3.33. The zero-order valence-corrected chi connectivity index (χ0v) is 21.3. The van der Waals surface area contributed by atoms with Gasteiger partial charge in [0.05, 0.1) is 11.6 Å². The molecule has 10 heteroatoms. The summed E-state index contributed by atoms with van der Waals surface area (Å²) in [6.07, 6.45) is 3.20. The highest BCUT2D eigenvalue weighted by atomic mass is 32.2. The number of imidazole rings is 1. The van der Waals surface area contributed by atoms with Gasteiger partial charge in [-0.15, -0.1) is 11.3 Å². The van der Waals surface area contributed by atoms with Gasteiger partial charge in [-0.25, -0.2) is 9.78 Å². The summed E-state index contributed by atoms with van der Waals surface area (Å²) in [5.41, 5.74) is 2.39. The Labute approximate surface area is 204 Å². The molecule has 0 atom stereocenters. The molecule has 3 aromatic rings. The number of ether oxygens (including phenoxy) is 1. The molecule has 0 fully saturated rings. The molecule has 0 N–H and O–H groups in total. The molecule has 2 aromatic heterocycles. The number of carbonyl (C=O) groups excluding carboxylic acids is 1. The molecule has 0 spiro atoms. The fourth-order valence-corrected chi connectivity index (χ4v) is 5.03. The van der Waals surface area contributed by atoms with Crippen LogP contribution in [-0.2, 0) is 28.9 Å². The van der Waals surface area contributed by atoms with Gasteiger partial charge in [-0.05, 0) is 30.0 Å². The van der Waals surface area contributed by atoms with Crippen LogP contribution in [0.2, 0.25) is 0 Å². The molecular formula is C24H26N4O4S2. The van der Waals surface area contributed by atoms with E-state index >= 15 is 0 Å². The Balaban J connectivity index is 2.02. The summed E-state index contributed by atoms with van der Waals surface area (Å²) >= 11 is 1.24. The lowest BCUT2D eigenvalue weighted by Crippen LogP contribution is -2.19. The first kappa shape index (κ1) is 25.3. The van der Waals surface area contributed by atoms with Crippen LogP contribution in [0.25, 0.3) is 11.1 Å². The molecule has 1 aromatic carbocycles. The highest BCUT2D eigenvalue weighted by Crippen LogP contribution is 2.41. The average molecular weight is 499 g/mol. The Morgan fingerprint density at radius 1 is 1.26 bits per heavy atom. The van der Waals surface area contributed by atoms with E-state index in [0.717, 1.165) is 22.7 Å². The molecule has 0 aliphatic rings. The molecule has 0 aliphatic carbocycles. The summed E-state index contributed by atoms with van der Waals surface area (Å²) in [6, 6.07) is 9.67. The number of thiophene rings is 1. The minimum atomic E-state index is -2.91. The van der Waals surface area contributed by atoms with E-state index < -0.39 is 16.6 Å². The number of hydrogen-bond donors (Lipinski definition) is 0. The lowest BCUT2D eigenvalue weighted by molar-refractivity contribution is 0.213. The van der Waals surface area contributed by atoms with Crippen molar-refractivity contribution < 1.29 is 17.9 Å². The fourth-order valence-electron chi connectivity index (χ4n) is 3.64. The number of nitrogens with zero attached hydrogens (tertiary/aromatic N) is 4. The Morgan fingerprint density at radius 2 is 2.00 bits per heavy atom. The number of carbonyl (C=O) groups is 1. The molecule has 34 heavy (non-hydrogen) atoms. The van der Waals surface area contributed by atoms with Crippen molar-refractivity contribution in [2.75, 3.05) is 0 Å². The lowest BCUT2D eigenvalue weighted by Gasteiger charge is -2.20. The van der Waals surface area contributed by atoms with Crippen molar-refractivity contribution in [3.8, 4) is 22.3 Å². The van der Waals surface area contributed by atoms with Gasteiger partial charge in [0.15, 0.2) is 5.06 Å². The van der Waals surface area contributed by atoms with Crippen molar-refractivity contribution in [3.05, 3.63) is 58.5 Å². The van der Waals surface area contributed by atoms with E-state index in [4.69, 9.17) is 4.74 Å². The topological polar surface area (TPSA) is 114 Å². The Bertz CT molecular complexity index is 1380. The maximum atomic E-state index is 11.9. The number of rotatable bonds is 6. The first-order valence-electron chi connectivity index (χ1n) is 10.7. The van der Waals surface area contributed by atoms with Gasteiger partial charge in [0.1, 0.15) is 5.82 Å². The molecule has 1 amide bonds. The Morgan fingerprint density at radius 3 is 2.62 bits per heavy atom. The third-order valence-corrected chi connectivity index (χ3v) is 6.25. The molecule has 178 valence electrons. The first-order chi connectivity index (χ1) is 16.0. The highest BCUT2D eigenvalue weighted by molar-refractivity contribution is 7.62. The van der Waals surface area contributed by atoms with Gasteiger partial charge in [-0.1, -0.05) is 51.1 Å². The van der Waals surface area contributed by atoms with Crippen LogP contribution in [0.4, 0.5) is 4.79 Å². The second-order valence-electron chi connectivity index (χ2n) is 9.31. The minimum Gasteiger partial charge on any atom is -0.396 e. The summed E-state index contributed by atoms with van der Waals surface area (Å²) in [6.45, 7) is 11.0. The first-order valence-corrected chi connectivity index (χ1v) is 12.5. The molecule has 8 nitrogen and oxygen atoms in total. The zero-order chi connectivity index (χ0) is 25.0. The number of benzene rings is 1. The molecule has 0 saturated heterocycles. The maximum absolute atomic E-state index is 11.9. The summed E-state index contributed by atoms with van der Waals surface area (Å²) in [5.74, 6) is 1.30. The second-order valence-corrected chi connectivity index (χ2v) is 11.0. The zero-order valence-electron chi connectivity index (χ0n) is 19.7. The Kier molecular flexibility index (Phi) is 7.69. The predicted octanol–water partition coefficient (Wildman–Crippen LogP) is 5.59. The van der Waals surface area contributed by atoms with Crippen LogP contribution in [-0.4, -0.2) is 24.1 Å². The van der Waals surface area contributed by atoms with Crippen molar-refractivity contribution in [3.63, 3.8) is 0 Å². The molecular weight excluding hydrogens is 472 g/mol. The van der Waals surface area contributed by atoms with Crippen molar-refractivity contribution >= 4 is 27.9 Å². The van der Waals surface area contributed by atoms with Crippen molar-refractivity contribution in [2.24, 2.45) is 10.3 Å². The molecule has 3 rings (SSSR count). The van der Waals surface area contributed by atoms with E-state index in [1.54, 1.807) is 6.20 Å². The summed E-state index contributed by atoms with van der Waals surface area (Å²) < 4.78 is 31.7. The van der Waals surface area contributed by atoms with Crippen molar-refractivity contribution in [1.82, 2.24) is 9.55 Å². The third kappa shape index (κ3) is 6.18. The van der Waals surface area contributed by atoms with E-state index in [1.165, 1.54) is 11.3 Å². The van der Waals surface area contributed by atoms with Gasteiger partial charge < -0.3 is 9.30 Å². The third-order valence-electron chi connectivity index (χ3n) is 4.92. The van der Waals surface area contributed by atoms with Crippen LogP contribution < -0.4 is 4.74 Å². The fraction of sp³-hybridized carbons (Fsp3) is 0.375. The van der Waals surface area contributed by atoms with Gasteiger partial charge in [0.25, 0.3) is 0 Å². The van der Waals surface area contributed by atoms with E-state index in [-0.39, 0.29) is 10.5 Å². The molecule has 0 bridgehead atoms. The van der Waals surface area contributed by atoms with Gasteiger partial charge in [-0.3, -0.25) is 0 Å². The summed E-state index contributed by atoms with van der Waals surface area (Å²) in [4.78, 5) is 17.3. The monoisotopic (exact) mass is 498 g/mol. The van der Waals surface area contributed by atoms with Gasteiger partial charge >= 0.3 is 16.6 Å². The molecule has 0 unspecified atom stereocenters. The van der Waals surface area contributed by atoms with E-state index in [9.17, 15) is 18.5 Å². The second kappa shape index (κ2) is 10.3. The van der Waals surface area contributed by atoms with Crippen LogP contribution >= 0.6 is 11.3 Å². The van der Waals surface area contributed by atoms with Gasteiger partial charge in [-0.2, -0.15) is 13.7 Å². The summed E-state index contributed by atoms with van der Waals surface area (Å²) in [7, 11) is -2.91.